The molecule has 0 unspecified atom stereocenters. The van der Waals surface area contributed by atoms with Crippen LogP contribution in [0.2, 0.25) is 0 Å². The molecule has 0 N–H and O–H groups in total. The Balaban J connectivity index is 1.73. The van der Waals surface area contributed by atoms with Gasteiger partial charge < -0.3 is 4.74 Å². The largest absolute Gasteiger partial charge is 0.376 e. The molecule has 30 heavy (non-hydrogen) atoms. The maximum absolute atomic E-state index is 11.8. The molecule has 1 aromatic carbocycles. The van der Waals surface area contributed by atoms with E-state index in [1.165, 1.54) is 23.5 Å². The molecule has 3 heterocycles. The lowest BCUT2D eigenvalue weighted by atomic mass is 10.2. The molecule has 1 aliphatic heterocycles. The maximum Gasteiger partial charge on any atom is 0.284 e. The predicted molar refractivity (Wildman–Crippen MR) is 113 cm³/mol. The molecular weight excluding hydrogens is 448 g/mol. The summed E-state index contributed by atoms with van der Waals surface area (Å²) in [6.45, 7) is 1.25. The van der Waals surface area contributed by atoms with Gasteiger partial charge >= 0.3 is 0 Å². The van der Waals surface area contributed by atoms with Crippen LogP contribution in [0, 0.1) is 10.1 Å². The summed E-state index contributed by atoms with van der Waals surface area (Å²) in [5.41, 5.74) is -0.285. The first kappa shape index (κ1) is 21.0. The van der Waals surface area contributed by atoms with Crippen LogP contribution in [0.5, 0.6) is 0 Å². The molecule has 0 aliphatic carbocycles. The van der Waals surface area contributed by atoms with Crippen molar-refractivity contribution in [1.29, 1.82) is 0 Å². The first-order valence-electron chi connectivity index (χ1n) is 9.08. The summed E-state index contributed by atoms with van der Waals surface area (Å²) in [4.78, 5) is 12.1. The zero-order valence-electron chi connectivity index (χ0n) is 15.9. The monoisotopic (exact) mass is 466 g/mol. The highest BCUT2D eigenvalue weighted by atomic mass is 32.2. The van der Waals surface area contributed by atoms with E-state index in [4.69, 9.17) is 4.74 Å². The van der Waals surface area contributed by atoms with Crippen LogP contribution in [-0.4, -0.2) is 47.1 Å². The molecule has 1 fully saturated rings. The fourth-order valence-corrected chi connectivity index (χ4v) is 5.45. The molecule has 0 spiro atoms. The van der Waals surface area contributed by atoms with Gasteiger partial charge in [-0.25, -0.2) is 8.42 Å². The standard InChI is InChI=1S/C18H18N4O5S3/c1-30(25,26)13-6-7-15(14(10-13)22(23)24)29-18-20-19-17(16-5-3-9-28-16)21(18)11-12-4-2-8-27-12/h3,5-7,9-10,12H,2,4,8,11H2,1H3/t12-/m0/s1. The van der Waals surface area contributed by atoms with Gasteiger partial charge in [0.2, 0.25) is 0 Å². The summed E-state index contributed by atoms with van der Waals surface area (Å²) in [5.74, 6) is 0.679. The third-order valence-electron chi connectivity index (χ3n) is 4.63. The zero-order chi connectivity index (χ0) is 21.3. The third-order valence-corrected chi connectivity index (χ3v) is 7.65. The van der Waals surface area contributed by atoms with Gasteiger partial charge in [-0.3, -0.25) is 14.7 Å². The molecular formula is C18H18N4O5S3. The SMILES string of the molecule is CS(=O)(=O)c1ccc(Sc2nnc(-c3cccs3)n2C[C@@H]2CCCO2)c([N+](=O)[O-])c1. The van der Waals surface area contributed by atoms with E-state index in [-0.39, 0.29) is 16.7 Å². The highest BCUT2D eigenvalue weighted by molar-refractivity contribution is 7.99. The van der Waals surface area contributed by atoms with Crippen molar-refractivity contribution in [2.45, 2.75) is 40.4 Å². The minimum absolute atomic E-state index is 0.0293. The average molecular weight is 467 g/mol. The Morgan fingerprint density at radius 3 is 2.83 bits per heavy atom. The molecule has 0 saturated carbocycles. The molecule has 0 amide bonds. The second-order valence-corrected chi connectivity index (χ2v) is 10.8. The normalized spacial score (nSPS) is 16.8. The summed E-state index contributed by atoms with van der Waals surface area (Å²) < 4.78 is 31.3. The van der Waals surface area contributed by atoms with E-state index in [0.717, 1.165) is 41.8 Å². The van der Waals surface area contributed by atoms with Crippen LogP contribution in [0.3, 0.4) is 0 Å². The molecule has 1 saturated heterocycles. The van der Waals surface area contributed by atoms with Crippen LogP contribution >= 0.6 is 23.1 Å². The van der Waals surface area contributed by atoms with Crippen LogP contribution in [-0.2, 0) is 21.1 Å². The summed E-state index contributed by atoms with van der Waals surface area (Å²) in [6, 6.07) is 7.75. The number of rotatable bonds is 7. The molecule has 9 nitrogen and oxygen atoms in total. The molecule has 158 valence electrons. The third kappa shape index (κ3) is 4.41. The number of nitrogens with zero attached hydrogens (tertiary/aromatic N) is 4. The average Bonchev–Trinajstić information content (AvgIpc) is 3.44. The van der Waals surface area contributed by atoms with Crippen molar-refractivity contribution in [1.82, 2.24) is 14.8 Å². The Bertz CT molecular complexity index is 1170. The molecule has 4 rings (SSSR count). The number of nitro groups is 1. The first-order valence-corrected chi connectivity index (χ1v) is 12.7. The molecule has 3 aromatic rings. The van der Waals surface area contributed by atoms with Crippen molar-refractivity contribution >= 4 is 38.6 Å². The minimum atomic E-state index is -3.56. The van der Waals surface area contributed by atoms with Gasteiger partial charge in [0, 0.05) is 18.9 Å². The summed E-state index contributed by atoms with van der Waals surface area (Å²) in [7, 11) is -3.56. The van der Waals surface area contributed by atoms with Crippen molar-refractivity contribution < 1.29 is 18.1 Å². The Morgan fingerprint density at radius 2 is 2.20 bits per heavy atom. The number of thiophene rings is 1. The number of aromatic nitrogens is 3. The van der Waals surface area contributed by atoms with E-state index in [1.54, 1.807) is 0 Å². The minimum Gasteiger partial charge on any atom is -0.376 e. The lowest BCUT2D eigenvalue weighted by molar-refractivity contribution is -0.388. The number of ether oxygens (including phenoxy) is 1. The molecule has 12 heteroatoms. The summed E-state index contributed by atoms with van der Waals surface area (Å²) in [6.07, 6.45) is 2.96. The van der Waals surface area contributed by atoms with E-state index in [0.29, 0.717) is 29.0 Å². The summed E-state index contributed by atoms with van der Waals surface area (Å²) >= 11 is 2.62. The number of benzene rings is 1. The van der Waals surface area contributed by atoms with E-state index in [9.17, 15) is 18.5 Å². The van der Waals surface area contributed by atoms with Gasteiger partial charge in [0.1, 0.15) is 0 Å². The number of hydrogen-bond acceptors (Lipinski definition) is 9. The maximum atomic E-state index is 11.8. The van der Waals surface area contributed by atoms with Gasteiger partial charge in [0.05, 0.1) is 32.2 Å². The van der Waals surface area contributed by atoms with Crippen molar-refractivity contribution in [2.24, 2.45) is 0 Å². The van der Waals surface area contributed by atoms with Gasteiger partial charge in [-0.2, -0.15) is 0 Å². The Morgan fingerprint density at radius 1 is 1.37 bits per heavy atom. The number of nitro benzene ring substituents is 1. The molecule has 1 atom stereocenters. The highest BCUT2D eigenvalue weighted by Crippen LogP contribution is 2.37. The van der Waals surface area contributed by atoms with E-state index in [2.05, 4.69) is 10.2 Å². The van der Waals surface area contributed by atoms with Gasteiger partial charge in [0.15, 0.2) is 20.8 Å². The molecule has 0 radical (unpaired) electrons. The van der Waals surface area contributed by atoms with E-state index < -0.39 is 14.8 Å². The Hall–Kier alpha value is -2.28. The van der Waals surface area contributed by atoms with Crippen LogP contribution in [0.4, 0.5) is 5.69 Å². The zero-order valence-corrected chi connectivity index (χ0v) is 18.4. The van der Waals surface area contributed by atoms with Crippen molar-refractivity contribution in [2.75, 3.05) is 12.9 Å². The molecule has 2 aromatic heterocycles. The van der Waals surface area contributed by atoms with Crippen molar-refractivity contribution in [3.05, 3.63) is 45.8 Å². The lowest BCUT2D eigenvalue weighted by Gasteiger charge is -2.14. The second kappa shape index (κ2) is 8.46. The van der Waals surface area contributed by atoms with Gasteiger partial charge in [-0.05, 0) is 48.2 Å². The van der Waals surface area contributed by atoms with Gasteiger partial charge in [-0.15, -0.1) is 21.5 Å². The Labute approximate surface area is 181 Å². The molecule has 0 bridgehead atoms. The van der Waals surface area contributed by atoms with E-state index >= 15 is 0 Å². The van der Waals surface area contributed by atoms with Gasteiger partial charge in [0.25, 0.3) is 5.69 Å². The highest BCUT2D eigenvalue weighted by Gasteiger charge is 2.25. The summed E-state index contributed by atoms with van der Waals surface area (Å²) in [5, 5.41) is 22.6. The quantitative estimate of drug-likeness (QED) is 0.383. The van der Waals surface area contributed by atoms with Crippen molar-refractivity contribution in [3.8, 4) is 10.7 Å². The van der Waals surface area contributed by atoms with Crippen LogP contribution < -0.4 is 0 Å². The fraction of sp³-hybridized carbons (Fsp3) is 0.333. The smallest absolute Gasteiger partial charge is 0.284 e. The van der Waals surface area contributed by atoms with E-state index in [1.807, 2.05) is 22.1 Å². The number of hydrogen-bond donors (Lipinski definition) is 0. The molecule has 1 aliphatic rings. The lowest BCUT2D eigenvalue weighted by Crippen LogP contribution is -2.16. The topological polar surface area (TPSA) is 117 Å². The van der Waals surface area contributed by atoms with Crippen LogP contribution in [0.1, 0.15) is 12.8 Å². The predicted octanol–water partition coefficient (Wildman–Crippen LogP) is 3.65. The first-order chi connectivity index (χ1) is 14.3. The van der Waals surface area contributed by atoms with Gasteiger partial charge in [-0.1, -0.05) is 6.07 Å². The van der Waals surface area contributed by atoms with Crippen molar-refractivity contribution in [3.63, 3.8) is 0 Å². The number of sulfone groups is 1. The second-order valence-electron chi connectivity index (χ2n) is 6.79. The van der Waals surface area contributed by atoms with Crippen LogP contribution in [0.25, 0.3) is 10.7 Å². The fourth-order valence-electron chi connectivity index (χ4n) is 3.16. The Kier molecular flexibility index (Phi) is 5.91. The van der Waals surface area contributed by atoms with Crippen LogP contribution in [0.15, 0.2) is 50.7 Å².